The molecule has 21 heavy (non-hydrogen) atoms. The van der Waals surface area contributed by atoms with Crippen LogP contribution < -0.4 is 10.1 Å². The maximum absolute atomic E-state index is 12.1. The average Bonchev–Trinajstić information content (AvgIpc) is 2.51. The number of carbonyl (C=O) groups excluding carboxylic acids is 3. The van der Waals surface area contributed by atoms with E-state index in [0.29, 0.717) is 12.2 Å². The van der Waals surface area contributed by atoms with Crippen LogP contribution in [0.1, 0.15) is 20.3 Å². The fourth-order valence-corrected chi connectivity index (χ4v) is 1.59. The first-order chi connectivity index (χ1) is 9.99. The van der Waals surface area contributed by atoms with Crippen LogP contribution in [0.3, 0.4) is 0 Å². The molecule has 0 bridgehead atoms. The molecular weight excluding hydrogens is 274 g/mol. The molecule has 0 aliphatic heterocycles. The largest absolute Gasteiger partial charge is 0.467 e. The van der Waals surface area contributed by atoms with Crippen LogP contribution >= 0.6 is 0 Å². The summed E-state index contributed by atoms with van der Waals surface area (Å²) < 4.78 is 9.54. The zero-order valence-corrected chi connectivity index (χ0v) is 12.3. The average molecular weight is 293 g/mol. The normalized spacial score (nSPS) is 12.9. The maximum atomic E-state index is 12.1. The van der Waals surface area contributed by atoms with Crippen LogP contribution in [0.4, 0.5) is 4.79 Å². The Morgan fingerprint density at radius 3 is 2.33 bits per heavy atom. The van der Waals surface area contributed by atoms with Gasteiger partial charge in [0.1, 0.15) is 5.75 Å². The predicted molar refractivity (Wildman–Crippen MR) is 75.9 cm³/mol. The summed E-state index contributed by atoms with van der Waals surface area (Å²) in [4.78, 5) is 35.5. The number of ether oxygens (including phenoxy) is 2. The van der Waals surface area contributed by atoms with Crippen molar-refractivity contribution >= 4 is 17.8 Å². The zero-order chi connectivity index (χ0) is 15.8. The van der Waals surface area contributed by atoms with Gasteiger partial charge in [0.05, 0.1) is 7.11 Å². The lowest BCUT2D eigenvalue weighted by Crippen LogP contribution is -2.49. The van der Waals surface area contributed by atoms with Gasteiger partial charge in [-0.3, -0.25) is 4.79 Å². The predicted octanol–water partition coefficient (Wildman–Crippen LogP) is 1.93. The molecule has 1 aromatic carbocycles. The van der Waals surface area contributed by atoms with Crippen LogP contribution in [0.2, 0.25) is 0 Å². The van der Waals surface area contributed by atoms with Gasteiger partial charge in [-0.25, -0.2) is 9.59 Å². The second kappa shape index (κ2) is 8.04. The third-order valence-electron chi connectivity index (χ3n) is 3.04. The fraction of sp³-hybridized carbons (Fsp3) is 0.400. The molecule has 0 aromatic heterocycles. The molecule has 0 heterocycles. The molecule has 0 radical (unpaired) electrons. The number of methoxy groups -OCH3 is 1. The van der Waals surface area contributed by atoms with Crippen molar-refractivity contribution in [3.63, 3.8) is 0 Å². The molecule has 0 fully saturated rings. The molecule has 1 rings (SSSR count). The van der Waals surface area contributed by atoms with Gasteiger partial charge in [-0.1, -0.05) is 32.0 Å². The molecule has 1 aromatic rings. The number of ketones is 1. The van der Waals surface area contributed by atoms with E-state index in [1.807, 2.05) is 6.92 Å². The molecule has 2 atom stereocenters. The number of benzene rings is 1. The number of para-hydroxylation sites is 1. The lowest BCUT2D eigenvalue weighted by molar-refractivity contribution is -0.147. The van der Waals surface area contributed by atoms with Gasteiger partial charge in [-0.05, 0) is 18.6 Å². The number of nitrogens with one attached hydrogen (secondary N) is 1. The summed E-state index contributed by atoms with van der Waals surface area (Å²) in [6, 6.07) is 6.98. The third kappa shape index (κ3) is 4.91. The molecule has 0 aliphatic carbocycles. The lowest BCUT2D eigenvalue weighted by atomic mass is 9.97. The fourth-order valence-electron chi connectivity index (χ4n) is 1.59. The number of amides is 1. The van der Waals surface area contributed by atoms with E-state index in [1.165, 1.54) is 0 Å². The topological polar surface area (TPSA) is 81.7 Å². The monoisotopic (exact) mass is 293 g/mol. The first-order valence-electron chi connectivity index (χ1n) is 6.64. The molecule has 114 valence electrons. The number of rotatable bonds is 6. The molecule has 1 amide bonds. The number of esters is 1. The van der Waals surface area contributed by atoms with Crippen molar-refractivity contribution in [2.24, 2.45) is 5.92 Å². The molecule has 2 unspecified atom stereocenters. The van der Waals surface area contributed by atoms with Gasteiger partial charge < -0.3 is 14.8 Å². The molecule has 0 saturated carbocycles. The van der Waals surface area contributed by atoms with Crippen molar-refractivity contribution in [3.8, 4) is 5.75 Å². The highest BCUT2D eigenvalue weighted by atomic mass is 16.6. The van der Waals surface area contributed by atoms with Crippen LogP contribution in [0.15, 0.2) is 30.3 Å². The van der Waals surface area contributed by atoms with Gasteiger partial charge in [-0.15, -0.1) is 0 Å². The van der Waals surface area contributed by atoms with Crippen molar-refractivity contribution in [2.75, 3.05) is 7.11 Å². The third-order valence-corrected chi connectivity index (χ3v) is 3.04. The lowest BCUT2D eigenvalue weighted by Gasteiger charge is -2.18. The summed E-state index contributed by atoms with van der Waals surface area (Å²) in [5, 5.41) is 2.25. The van der Waals surface area contributed by atoms with Crippen LogP contribution in [0.5, 0.6) is 5.75 Å². The molecule has 0 aliphatic rings. The summed E-state index contributed by atoms with van der Waals surface area (Å²) in [6.07, 6.45) is -0.324. The molecule has 6 nitrogen and oxygen atoms in total. The zero-order valence-electron chi connectivity index (χ0n) is 12.3. The van der Waals surface area contributed by atoms with Crippen LogP contribution in [0.25, 0.3) is 0 Å². The van der Waals surface area contributed by atoms with E-state index in [2.05, 4.69) is 10.1 Å². The Morgan fingerprint density at radius 2 is 1.81 bits per heavy atom. The van der Waals surface area contributed by atoms with E-state index < -0.39 is 23.9 Å². The molecule has 6 heteroatoms. The van der Waals surface area contributed by atoms with E-state index in [4.69, 9.17) is 4.74 Å². The molecular formula is C15H19NO5. The Hall–Kier alpha value is -2.37. The summed E-state index contributed by atoms with van der Waals surface area (Å²) in [7, 11) is 1.16. The van der Waals surface area contributed by atoms with E-state index in [1.54, 1.807) is 37.3 Å². The molecule has 1 N–H and O–H groups in total. The quantitative estimate of drug-likeness (QED) is 0.640. The van der Waals surface area contributed by atoms with Crippen molar-refractivity contribution in [1.82, 2.24) is 5.32 Å². The Kier molecular flexibility index (Phi) is 6.39. The standard InChI is InChI=1S/C15H19NO5/c1-4-10(2)13(17)12(14(18)20-3)16-15(19)21-11-8-6-5-7-9-11/h5-10,12H,4H2,1-3H3,(H,16,19). The number of Topliss-reactive ketones (excluding diaryl/α,β-unsaturated/α-hetero) is 1. The number of carbonyl (C=O) groups is 3. The highest BCUT2D eigenvalue weighted by Crippen LogP contribution is 2.10. The van der Waals surface area contributed by atoms with Crippen molar-refractivity contribution in [2.45, 2.75) is 26.3 Å². The first kappa shape index (κ1) is 16.7. The van der Waals surface area contributed by atoms with E-state index >= 15 is 0 Å². The smallest absolute Gasteiger partial charge is 0.413 e. The Bertz CT molecular complexity index is 500. The Labute approximate surface area is 123 Å². The minimum absolute atomic E-state index is 0.314. The van der Waals surface area contributed by atoms with Crippen molar-refractivity contribution < 1.29 is 23.9 Å². The molecule has 0 spiro atoms. The van der Waals surface area contributed by atoms with Crippen molar-refractivity contribution in [1.29, 1.82) is 0 Å². The number of hydrogen-bond acceptors (Lipinski definition) is 5. The summed E-state index contributed by atoms with van der Waals surface area (Å²) in [5.41, 5.74) is 0. The van der Waals surface area contributed by atoms with Gasteiger partial charge in [0, 0.05) is 5.92 Å². The van der Waals surface area contributed by atoms with Crippen LogP contribution in [-0.2, 0) is 14.3 Å². The SMILES string of the molecule is CCC(C)C(=O)C(NC(=O)Oc1ccccc1)C(=O)OC. The second-order valence-corrected chi connectivity index (χ2v) is 4.51. The Balaban J connectivity index is 2.75. The first-order valence-corrected chi connectivity index (χ1v) is 6.64. The van der Waals surface area contributed by atoms with Gasteiger partial charge in [0.25, 0.3) is 0 Å². The number of hydrogen-bond donors (Lipinski definition) is 1. The van der Waals surface area contributed by atoms with Gasteiger partial charge in [-0.2, -0.15) is 0 Å². The van der Waals surface area contributed by atoms with Gasteiger partial charge >= 0.3 is 12.1 Å². The van der Waals surface area contributed by atoms with E-state index in [0.717, 1.165) is 7.11 Å². The minimum Gasteiger partial charge on any atom is -0.467 e. The summed E-state index contributed by atoms with van der Waals surface area (Å²) in [5.74, 6) is -1.28. The second-order valence-electron chi connectivity index (χ2n) is 4.51. The van der Waals surface area contributed by atoms with Crippen LogP contribution in [-0.4, -0.2) is 31.0 Å². The van der Waals surface area contributed by atoms with E-state index in [9.17, 15) is 14.4 Å². The highest BCUT2D eigenvalue weighted by molar-refractivity contribution is 6.06. The highest BCUT2D eigenvalue weighted by Gasteiger charge is 2.32. The summed E-state index contributed by atoms with van der Waals surface area (Å²) in [6.45, 7) is 3.50. The van der Waals surface area contributed by atoms with Crippen LogP contribution in [0, 0.1) is 5.92 Å². The van der Waals surface area contributed by atoms with Crippen molar-refractivity contribution in [3.05, 3.63) is 30.3 Å². The molecule has 0 saturated heterocycles. The van der Waals surface area contributed by atoms with Gasteiger partial charge in [0.2, 0.25) is 0 Å². The Morgan fingerprint density at radius 1 is 1.19 bits per heavy atom. The van der Waals surface area contributed by atoms with Gasteiger partial charge in [0.15, 0.2) is 11.8 Å². The maximum Gasteiger partial charge on any atom is 0.413 e. The van der Waals surface area contributed by atoms with E-state index in [-0.39, 0.29) is 5.92 Å². The summed E-state index contributed by atoms with van der Waals surface area (Å²) >= 11 is 0. The minimum atomic E-state index is -1.36.